The van der Waals surface area contributed by atoms with Crippen molar-refractivity contribution in [2.75, 3.05) is 11.1 Å². The molecule has 2 N–H and O–H groups in total. The van der Waals surface area contributed by atoms with E-state index < -0.39 is 0 Å². The van der Waals surface area contributed by atoms with Crippen LogP contribution in [-0.4, -0.2) is 26.6 Å². The number of hydrogen-bond acceptors (Lipinski definition) is 8. The van der Waals surface area contributed by atoms with Crippen LogP contribution in [0.15, 0.2) is 22.3 Å². The zero-order valence-corrected chi connectivity index (χ0v) is 19.4. The van der Waals surface area contributed by atoms with Gasteiger partial charge in [0.25, 0.3) is 5.56 Å². The Morgan fingerprint density at radius 3 is 3.00 bits per heavy atom. The number of nitrogens with one attached hydrogen (secondary N) is 2. The number of aromatic nitrogens is 3. The molecule has 1 aliphatic rings. The summed E-state index contributed by atoms with van der Waals surface area (Å²) in [7, 11) is 0. The third-order valence-corrected chi connectivity index (χ3v) is 8.75. The second kappa shape index (κ2) is 8.26. The number of thiophene rings is 2. The van der Waals surface area contributed by atoms with Crippen LogP contribution in [0.3, 0.4) is 0 Å². The van der Waals surface area contributed by atoms with E-state index in [1.165, 1.54) is 38.4 Å². The molecule has 0 bridgehead atoms. The van der Waals surface area contributed by atoms with Gasteiger partial charge in [0.15, 0.2) is 5.13 Å². The number of aryl methyl sites for hydroxylation is 3. The van der Waals surface area contributed by atoms with Gasteiger partial charge in [-0.2, -0.15) is 0 Å². The predicted octanol–water partition coefficient (Wildman–Crippen LogP) is 4.84. The summed E-state index contributed by atoms with van der Waals surface area (Å²) in [4.78, 5) is 41.2. The van der Waals surface area contributed by atoms with E-state index in [-0.39, 0.29) is 17.2 Å². The highest BCUT2D eigenvalue weighted by Crippen LogP contribution is 2.34. The Hall–Kier alpha value is -2.01. The van der Waals surface area contributed by atoms with Gasteiger partial charge in [0.2, 0.25) is 5.91 Å². The first-order valence-corrected chi connectivity index (χ1v) is 13.2. The fourth-order valence-electron chi connectivity index (χ4n) is 3.53. The summed E-state index contributed by atoms with van der Waals surface area (Å²) in [6.07, 6.45) is 3.14. The van der Waals surface area contributed by atoms with Crippen molar-refractivity contribution in [3.05, 3.63) is 49.0 Å². The van der Waals surface area contributed by atoms with E-state index in [2.05, 4.69) is 33.3 Å². The van der Waals surface area contributed by atoms with Crippen LogP contribution in [0.5, 0.6) is 0 Å². The van der Waals surface area contributed by atoms with Gasteiger partial charge in [0.1, 0.15) is 10.7 Å². The topological polar surface area (TPSA) is 87.7 Å². The van der Waals surface area contributed by atoms with Crippen LogP contribution in [0.25, 0.3) is 20.8 Å². The third kappa shape index (κ3) is 3.96. The van der Waals surface area contributed by atoms with Crippen LogP contribution in [0.1, 0.15) is 27.6 Å². The van der Waals surface area contributed by atoms with Crippen molar-refractivity contribution in [1.29, 1.82) is 0 Å². The average molecular weight is 475 g/mol. The zero-order valence-electron chi connectivity index (χ0n) is 16.1. The number of hydrogen-bond donors (Lipinski definition) is 2. The van der Waals surface area contributed by atoms with Crippen molar-refractivity contribution in [3.8, 4) is 10.6 Å². The molecule has 0 fully saturated rings. The minimum absolute atomic E-state index is 0.0569. The van der Waals surface area contributed by atoms with Gasteiger partial charge in [0, 0.05) is 15.1 Å². The molecule has 0 radical (unpaired) electrons. The largest absolute Gasteiger partial charge is 0.309 e. The summed E-state index contributed by atoms with van der Waals surface area (Å²) in [5.41, 5.74) is 2.01. The molecule has 6 nitrogen and oxygen atoms in total. The van der Waals surface area contributed by atoms with E-state index in [4.69, 9.17) is 0 Å². The number of aromatic amines is 1. The number of thiazole rings is 1. The van der Waals surface area contributed by atoms with Crippen molar-refractivity contribution < 1.29 is 4.79 Å². The molecule has 4 aromatic rings. The zero-order chi connectivity index (χ0) is 20.7. The first-order valence-electron chi connectivity index (χ1n) is 9.50. The van der Waals surface area contributed by atoms with Crippen LogP contribution < -0.4 is 10.9 Å². The number of thioether (sulfide) groups is 1. The van der Waals surface area contributed by atoms with Gasteiger partial charge in [-0.3, -0.25) is 9.59 Å². The van der Waals surface area contributed by atoms with Crippen LogP contribution in [0.2, 0.25) is 0 Å². The molecule has 30 heavy (non-hydrogen) atoms. The van der Waals surface area contributed by atoms with Crippen LogP contribution in [0.4, 0.5) is 5.13 Å². The minimum atomic E-state index is -0.109. The van der Waals surface area contributed by atoms with Crippen LogP contribution >= 0.6 is 45.8 Å². The summed E-state index contributed by atoms with van der Waals surface area (Å²) in [5, 5.41) is 6.17. The van der Waals surface area contributed by atoms with Gasteiger partial charge in [-0.25, -0.2) is 9.97 Å². The van der Waals surface area contributed by atoms with E-state index in [1.807, 2.05) is 11.4 Å². The van der Waals surface area contributed by atoms with E-state index in [1.54, 1.807) is 22.7 Å². The number of rotatable bonds is 6. The third-order valence-electron chi connectivity index (χ3n) is 4.84. The summed E-state index contributed by atoms with van der Waals surface area (Å²) in [6.45, 7) is 2.06. The molecular weight excluding hydrogens is 457 g/mol. The second-order valence-corrected chi connectivity index (χ2v) is 11.3. The summed E-state index contributed by atoms with van der Waals surface area (Å²) >= 11 is 6.17. The van der Waals surface area contributed by atoms with E-state index in [9.17, 15) is 9.59 Å². The number of nitrogens with zero attached hydrogens (tertiary/aromatic N) is 2. The number of carbonyl (C=O) groups excluding carboxylic acids is 1. The quantitative estimate of drug-likeness (QED) is 0.418. The lowest BCUT2D eigenvalue weighted by Crippen LogP contribution is -2.15. The molecule has 0 saturated heterocycles. The van der Waals surface area contributed by atoms with Gasteiger partial charge in [-0.05, 0) is 43.9 Å². The fourth-order valence-corrected chi connectivity index (χ4v) is 7.13. The predicted molar refractivity (Wildman–Crippen MR) is 127 cm³/mol. The Kier molecular flexibility index (Phi) is 5.48. The van der Waals surface area contributed by atoms with Gasteiger partial charge >= 0.3 is 0 Å². The van der Waals surface area contributed by atoms with Crippen molar-refractivity contribution in [2.45, 2.75) is 31.9 Å². The lowest BCUT2D eigenvalue weighted by atomic mass is 10.2. The summed E-state index contributed by atoms with van der Waals surface area (Å²) in [6, 6.07) is 4.11. The Balaban J connectivity index is 1.18. The smallest absolute Gasteiger partial charge is 0.259 e. The molecule has 0 aliphatic heterocycles. The maximum atomic E-state index is 12.5. The highest BCUT2D eigenvalue weighted by atomic mass is 32.2. The van der Waals surface area contributed by atoms with Gasteiger partial charge in [-0.15, -0.1) is 45.8 Å². The van der Waals surface area contributed by atoms with Crippen LogP contribution in [-0.2, 0) is 23.4 Å². The normalized spacial score (nSPS) is 13.1. The molecule has 5 rings (SSSR count). The lowest BCUT2D eigenvalue weighted by Gasteiger charge is -2.03. The summed E-state index contributed by atoms with van der Waals surface area (Å²) in [5.74, 6) is 1.27. The minimum Gasteiger partial charge on any atom is -0.309 e. The number of anilines is 1. The maximum absolute atomic E-state index is 12.5. The van der Waals surface area contributed by atoms with Crippen molar-refractivity contribution in [1.82, 2.24) is 15.0 Å². The van der Waals surface area contributed by atoms with Crippen molar-refractivity contribution >= 4 is 67.0 Å². The van der Waals surface area contributed by atoms with Crippen molar-refractivity contribution in [2.24, 2.45) is 0 Å². The molecule has 0 aromatic carbocycles. The molecule has 0 atom stereocenters. The van der Waals surface area contributed by atoms with Gasteiger partial charge in [0.05, 0.1) is 27.5 Å². The molecular formula is C20H18N4O2S4. The Morgan fingerprint density at radius 2 is 2.17 bits per heavy atom. The molecule has 0 unspecified atom stereocenters. The Labute approximate surface area is 188 Å². The van der Waals surface area contributed by atoms with Crippen molar-refractivity contribution in [3.63, 3.8) is 0 Å². The standard InChI is InChI=1S/C20H18N4O2S4/c1-10-5-6-14(29-10)12-7-28-20(21-12)24-16(25)9-27-8-15-22-18(26)17-11-3-2-4-13(11)30-19(17)23-15/h5-7H,2-4,8-9H2,1H3,(H,21,24,25)(H,22,23,26). The Bertz CT molecular complexity index is 1300. The first kappa shape index (κ1) is 19.9. The molecule has 0 spiro atoms. The molecule has 154 valence electrons. The fraction of sp³-hybridized carbons (Fsp3) is 0.300. The highest BCUT2D eigenvalue weighted by Gasteiger charge is 2.21. The molecule has 4 aromatic heterocycles. The Morgan fingerprint density at radius 1 is 1.27 bits per heavy atom. The average Bonchev–Trinajstić information content (AvgIpc) is 3.45. The van der Waals surface area contributed by atoms with Crippen LogP contribution in [0, 0.1) is 6.92 Å². The molecule has 4 heterocycles. The van der Waals surface area contributed by atoms with Gasteiger partial charge < -0.3 is 10.3 Å². The number of H-pyrrole nitrogens is 1. The maximum Gasteiger partial charge on any atom is 0.259 e. The molecule has 1 amide bonds. The summed E-state index contributed by atoms with van der Waals surface area (Å²) < 4.78 is 0. The molecule has 0 saturated carbocycles. The first-order chi connectivity index (χ1) is 14.6. The number of carbonyl (C=O) groups is 1. The highest BCUT2D eigenvalue weighted by molar-refractivity contribution is 7.99. The SMILES string of the molecule is Cc1ccc(-c2csc(NC(=O)CSCc3nc4sc5c(c4c(=O)[nH]3)CCC5)n2)s1. The van der Waals surface area contributed by atoms with E-state index in [0.29, 0.717) is 16.7 Å². The molecule has 1 aliphatic carbocycles. The lowest BCUT2D eigenvalue weighted by molar-refractivity contribution is -0.113. The number of amides is 1. The van der Waals surface area contributed by atoms with E-state index in [0.717, 1.165) is 40.1 Å². The van der Waals surface area contributed by atoms with E-state index >= 15 is 0 Å². The second-order valence-electron chi connectivity index (χ2n) is 7.04. The van der Waals surface area contributed by atoms with Gasteiger partial charge in [-0.1, -0.05) is 0 Å². The molecule has 10 heteroatoms. The number of fused-ring (bicyclic) bond motifs is 3. The monoisotopic (exact) mass is 474 g/mol.